The number of rotatable bonds is 2. The van der Waals surface area contributed by atoms with Crippen LogP contribution in [-0.2, 0) is 6.54 Å². The van der Waals surface area contributed by atoms with E-state index in [4.69, 9.17) is 0 Å². The molecular weight excluding hydrogens is 314 g/mol. The molecule has 0 radical (unpaired) electrons. The van der Waals surface area contributed by atoms with Gasteiger partial charge in [0.15, 0.2) is 0 Å². The van der Waals surface area contributed by atoms with Crippen LogP contribution in [0.4, 0.5) is 5.69 Å². The van der Waals surface area contributed by atoms with Crippen molar-refractivity contribution in [2.24, 2.45) is 0 Å². The summed E-state index contributed by atoms with van der Waals surface area (Å²) in [4.78, 5) is 0. The lowest BCUT2D eigenvalue weighted by atomic mass is 9.88. The molecule has 1 aliphatic rings. The van der Waals surface area contributed by atoms with Gasteiger partial charge in [0.05, 0.1) is 0 Å². The lowest BCUT2D eigenvalue weighted by Gasteiger charge is -2.24. The van der Waals surface area contributed by atoms with Gasteiger partial charge >= 0.3 is 0 Å². The molecule has 1 heteroatoms. The Morgan fingerprint density at radius 2 is 1.35 bits per heavy atom. The van der Waals surface area contributed by atoms with Gasteiger partial charge in [-0.3, -0.25) is 0 Å². The van der Waals surface area contributed by atoms with E-state index in [1.165, 1.54) is 44.3 Å². The van der Waals surface area contributed by atoms with Gasteiger partial charge in [-0.2, -0.15) is 0 Å². The summed E-state index contributed by atoms with van der Waals surface area (Å²) in [5.74, 6) is 1.13. The van der Waals surface area contributed by atoms with E-state index in [1.54, 1.807) is 0 Å². The third kappa shape index (κ3) is 3.23. The van der Waals surface area contributed by atoms with Crippen LogP contribution in [0.15, 0.2) is 48.5 Å². The topological polar surface area (TPSA) is 12.0 Å². The molecule has 0 saturated carbocycles. The second kappa shape index (κ2) is 7.53. The zero-order valence-electron chi connectivity index (χ0n) is 17.0. The van der Waals surface area contributed by atoms with Crippen molar-refractivity contribution in [3.05, 3.63) is 65.2 Å². The maximum atomic E-state index is 3.64. The van der Waals surface area contributed by atoms with Gasteiger partial charge in [0, 0.05) is 17.8 Å². The molecule has 0 aromatic heterocycles. The van der Waals surface area contributed by atoms with E-state index in [0.717, 1.165) is 6.54 Å². The second-order valence-corrected chi connectivity index (χ2v) is 7.54. The SMILES string of the molecule is CC.CC(C)c1ccc2c(c1)NCc1c-2ccc2cc(C(C)C)ccc12. The molecule has 0 spiro atoms. The number of benzene rings is 3. The lowest BCUT2D eigenvalue weighted by Crippen LogP contribution is -2.10. The van der Waals surface area contributed by atoms with Crippen LogP contribution >= 0.6 is 0 Å². The van der Waals surface area contributed by atoms with Crippen LogP contribution in [0.5, 0.6) is 0 Å². The minimum absolute atomic E-state index is 0.560. The Balaban J connectivity index is 0.000000948. The molecule has 0 amide bonds. The molecule has 136 valence electrons. The number of hydrogen-bond donors (Lipinski definition) is 1. The molecule has 0 aliphatic carbocycles. The van der Waals surface area contributed by atoms with E-state index < -0.39 is 0 Å². The lowest BCUT2D eigenvalue weighted by molar-refractivity contribution is 0.866. The van der Waals surface area contributed by atoms with Crippen molar-refractivity contribution in [3.63, 3.8) is 0 Å². The van der Waals surface area contributed by atoms with E-state index in [2.05, 4.69) is 81.5 Å². The molecule has 0 unspecified atom stereocenters. The smallest absolute Gasteiger partial charge is 0.0425 e. The summed E-state index contributed by atoms with van der Waals surface area (Å²) >= 11 is 0. The van der Waals surface area contributed by atoms with Gasteiger partial charge in [0.25, 0.3) is 0 Å². The highest BCUT2D eigenvalue weighted by Gasteiger charge is 2.18. The first kappa shape index (κ1) is 18.5. The van der Waals surface area contributed by atoms with Crippen LogP contribution in [0.1, 0.15) is 70.1 Å². The molecule has 1 N–H and O–H groups in total. The van der Waals surface area contributed by atoms with Crippen LogP contribution in [-0.4, -0.2) is 0 Å². The standard InChI is InChI=1S/C23H25N.C2H6/c1-14(2)16-5-8-19-18(11-16)7-9-20-21-10-6-17(15(3)4)12-23(21)24-13-22(19)20;1-2/h5-12,14-15,24H,13H2,1-4H3;1-2H3. The van der Waals surface area contributed by atoms with Gasteiger partial charge in [-0.25, -0.2) is 0 Å². The molecular formula is C25H31N. The molecule has 0 saturated heterocycles. The predicted molar refractivity (Wildman–Crippen MR) is 116 cm³/mol. The van der Waals surface area contributed by atoms with Crippen molar-refractivity contribution in [2.75, 3.05) is 5.32 Å². The van der Waals surface area contributed by atoms with Crippen molar-refractivity contribution in [2.45, 2.75) is 59.9 Å². The van der Waals surface area contributed by atoms with Crippen LogP contribution in [0.25, 0.3) is 21.9 Å². The third-order valence-electron chi connectivity index (χ3n) is 5.28. The summed E-state index contributed by atoms with van der Waals surface area (Å²) in [7, 11) is 0. The van der Waals surface area contributed by atoms with Crippen LogP contribution in [0.2, 0.25) is 0 Å². The van der Waals surface area contributed by atoms with Crippen LogP contribution in [0, 0.1) is 0 Å². The largest absolute Gasteiger partial charge is 0.380 e. The fourth-order valence-corrected chi connectivity index (χ4v) is 3.70. The first-order valence-corrected chi connectivity index (χ1v) is 9.98. The van der Waals surface area contributed by atoms with E-state index in [-0.39, 0.29) is 0 Å². The molecule has 4 rings (SSSR count). The maximum Gasteiger partial charge on any atom is 0.0425 e. The van der Waals surface area contributed by atoms with Crippen LogP contribution < -0.4 is 5.32 Å². The van der Waals surface area contributed by atoms with Crippen molar-refractivity contribution in [3.8, 4) is 11.1 Å². The Bertz CT molecular complexity index is 919. The Morgan fingerprint density at radius 3 is 2.04 bits per heavy atom. The Kier molecular flexibility index (Phi) is 5.36. The van der Waals surface area contributed by atoms with Gasteiger partial charge in [-0.15, -0.1) is 0 Å². The summed E-state index contributed by atoms with van der Waals surface area (Å²) in [5.41, 5.74) is 8.21. The quantitative estimate of drug-likeness (QED) is 0.501. The second-order valence-electron chi connectivity index (χ2n) is 7.54. The Morgan fingerprint density at radius 1 is 0.731 bits per heavy atom. The van der Waals surface area contributed by atoms with Crippen molar-refractivity contribution in [1.29, 1.82) is 0 Å². The van der Waals surface area contributed by atoms with Crippen molar-refractivity contribution < 1.29 is 0 Å². The van der Waals surface area contributed by atoms with Gasteiger partial charge < -0.3 is 5.32 Å². The fourth-order valence-electron chi connectivity index (χ4n) is 3.70. The number of nitrogens with one attached hydrogen (secondary N) is 1. The van der Waals surface area contributed by atoms with Gasteiger partial charge in [-0.05, 0) is 50.9 Å². The summed E-state index contributed by atoms with van der Waals surface area (Å²) < 4.78 is 0. The minimum Gasteiger partial charge on any atom is -0.380 e. The zero-order chi connectivity index (χ0) is 18.8. The molecule has 26 heavy (non-hydrogen) atoms. The van der Waals surface area contributed by atoms with Gasteiger partial charge in [0.2, 0.25) is 0 Å². The molecule has 0 fully saturated rings. The highest BCUT2D eigenvalue weighted by Crippen LogP contribution is 2.40. The third-order valence-corrected chi connectivity index (χ3v) is 5.28. The molecule has 0 bridgehead atoms. The molecule has 1 heterocycles. The van der Waals surface area contributed by atoms with E-state index >= 15 is 0 Å². The zero-order valence-corrected chi connectivity index (χ0v) is 17.0. The van der Waals surface area contributed by atoms with Crippen LogP contribution in [0.3, 0.4) is 0 Å². The summed E-state index contributed by atoms with van der Waals surface area (Å²) in [6, 6.07) is 18.4. The fraction of sp³-hybridized carbons (Fsp3) is 0.360. The average Bonchev–Trinajstić information content (AvgIpc) is 2.67. The maximum absolute atomic E-state index is 3.64. The highest BCUT2D eigenvalue weighted by molar-refractivity contribution is 5.96. The summed E-state index contributed by atoms with van der Waals surface area (Å²) in [6.07, 6.45) is 0. The molecule has 1 aliphatic heterocycles. The molecule has 3 aromatic rings. The van der Waals surface area contributed by atoms with Crippen molar-refractivity contribution in [1.82, 2.24) is 0 Å². The molecule has 1 nitrogen and oxygen atoms in total. The molecule has 0 atom stereocenters. The first-order valence-electron chi connectivity index (χ1n) is 9.98. The van der Waals surface area contributed by atoms with Gasteiger partial charge in [0.1, 0.15) is 0 Å². The Hall–Kier alpha value is -2.28. The number of hydrogen-bond acceptors (Lipinski definition) is 1. The number of fused-ring (bicyclic) bond motifs is 5. The van der Waals surface area contributed by atoms with Gasteiger partial charge in [-0.1, -0.05) is 84.0 Å². The predicted octanol–water partition coefficient (Wildman–Crippen LogP) is 7.71. The summed E-state index contributed by atoms with van der Waals surface area (Å²) in [5, 5.41) is 6.37. The monoisotopic (exact) mass is 345 g/mol. The average molecular weight is 346 g/mol. The van der Waals surface area contributed by atoms with E-state index in [1.807, 2.05) is 13.8 Å². The minimum atomic E-state index is 0.560. The molecule has 3 aromatic carbocycles. The highest BCUT2D eigenvalue weighted by atomic mass is 14.9. The van der Waals surface area contributed by atoms with Crippen molar-refractivity contribution >= 4 is 16.5 Å². The normalized spacial score (nSPS) is 12.3. The first-order chi connectivity index (χ1) is 12.5. The number of anilines is 1. The Labute approximate surface area is 158 Å². The summed E-state index contributed by atoms with van der Waals surface area (Å²) in [6.45, 7) is 13.9. The van der Waals surface area contributed by atoms with E-state index in [0.29, 0.717) is 11.8 Å². The van der Waals surface area contributed by atoms with E-state index in [9.17, 15) is 0 Å².